The highest BCUT2D eigenvalue weighted by Gasteiger charge is 2.02. The molecule has 0 N–H and O–H groups in total. The lowest BCUT2D eigenvalue weighted by molar-refractivity contribution is 0.415. The van der Waals surface area contributed by atoms with E-state index in [0.29, 0.717) is 0 Å². The second-order valence-electron chi connectivity index (χ2n) is 4.15. The maximum absolute atomic E-state index is 5.18. The summed E-state index contributed by atoms with van der Waals surface area (Å²) in [5, 5.41) is 3.02. The SMILES string of the molecule is CCc1ccccc1[SiH2]c1ccc(OC)cc1. The van der Waals surface area contributed by atoms with Crippen molar-refractivity contribution in [3.8, 4) is 5.75 Å². The predicted octanol–water partition coefficient (Wildman–Crippen LogP) is 1.38. The second-order valence-corrected chi connectivity index (χ2v) is 6.08. The molecule has 2 aromatic rings. The summed E-state index contributed by atoms with van der Waals surface area (Å²) in [5.74, 6) is 0.937. The fourth-order valence-electron chi connectivity index (χ4n) is 2.04. The number of ether oxygens (including phenoxy) is 1. The normalized spacial score (nSPS) is 10.9. The first-order valence-electron chi connectivity index (χ1n) is 6.03. The summed E-state index contributed by atoms with van der Waals surface area (Å²) < 4.78 is 5.18. The molecule has 0 heterocycles. The molecule has 0 aliphatic rings. The van der Waals surface area contributed by atoms with Crippen molar-refractivity contribution in [2.75, 3.05) is 7.11 Å². The van der Waals surface area contributed by atoms with Gasteiger partial charge in [0.15, 0.2) is 0 Å². The van der Waals surface area contributed by atoms with Gasteiger partial charge in [0.25, 0.3) is 0 Å². The maximum Gasteiger partial charge on any atom is 0.118 e. The van der Waals surface area contributed by atoms with Crippen LogP contribution in [0.3, 0.4) is 0 Å². The first-order valence-corrected chi connectivity index (χ1v) is 7.44. The number of aryl methyl sites for hydroxylation is 1. The topological polar surface area (TPSA) is 9.23 Å². The summed E-state index contributed by atoms with van der Waals surface area (Å²) >= 11 is 0. The lowest BCUT2D eigenvalue weighted by Crippen LogP contribution is -2.29. The van der Waals surface area contributed by atoms with Crippen molar-refractivity contribution < 1.29 is 4.74 Å². The molecule has 0 radical (unpaired) electrons. The Bertz CT molecular complexity index is 477. The molecule has 0 aliphatic carbocycles. The largest absolute Gasteiger partial charge is 0.497 e. The van der Waals surface area contributed by atoms with Crippen molar-refractivity contribution in [2.45, 2.75) is 13.3 Å². The lowest BCUT2D eigenvalue weighted by atomic mass is 10.2. The third kappa shape index (κ3) is 2.98. The van der Waals surface area contributed by atoms with E-state index >= 15 is 0 Å². The van der Waals surface area contributed by atoms with E-state index < -0.39 is 0 Å². The number of methoxy groups -OCH3 is 1. The van der Waals surface area contributed by atoms with E-state index in [1.165, 1.54) is 10.8 Å². The van der Waals surface area contributed by atoms with Crippen LogP contribution >= 0.6 is 0 Å². The molecule has 0 amide bonds. The summed E-state index contributed by atoms with van der Waals surface area (Å²) in [6, 6.07) is 17.3. The first kappa shape index (κ1) is 11.9. The fraction of sp³-hybridized carbons (Fsp3) is 0.200. The van der Waals surface area contributed by atoms with Gasteiger partial charge in [-0.2, -0.15) is 0 Å². The first-order chi connectivity index (χ1) is 8.33. The molecule has 0 saturated carbocycles. The van der Waals surface area contributed by atoms with Crippen LogP contribution in [0.25, 0.3) is 0 Å². The number of hydrogen-bond acceptors (Lipinski definition) is 1. The summed E-state index contributed by atoms with van der Waals surface area (Å²) in [6.45, 7) is 2.22. The molecule has 0 fully saturated rings. The van der Waals surface area contributed by atoms with Crippen LogP contribution in [0.5, 0.6) is 5.75 Å². The summed E-state index contributed by atoms with van der Waals surface area (Å²) in [7, 11) is 1.35. The molecule has 88 valence electrons. The maximum atomic E-state index is 5.18. The minimum atomic E-state index is -0.353. The molecule has 0 saturated heterocycles. The summed E-state index contributed by atoms with van der Waals surface area (Å²) in [5.41, 5.74) is 1.50. The van der Waals surface area contributed by atoms with Gasteiger partial charge in [0.05, 0.1) is 16.6 Å². The van der Waals surface area contributed by atoms with Gasteiger partial charge >= 0.3 is 0 Å². The van der Waals surface area contributed by atoms with E-state index in [4.69, 9.17) is 4.74 Å². The van der Waals surface area contributed by atoms with Crippen LogP contribution in [-0.4, -0.2) is 16.6 Å². The van der Waals surface area contributed by atoms with Crippen molar-refractivity contribution in [1.82, 2.24) is 0 Å². The zero-order valence-electron chi connectivity index (χ0n) is 10.4. The monoisotopic (exact) mass is 242 g/mol. The number of benzene rings is 2. The van der Waals surface area contributed by atoms with Gasteiger partial charge in [-0.05, 0) is 24.1 Å². The van der Waals surface area contributed by atoms with Crippen molar-refractivity contribution in [2.24, 2.45) is 0 Å². The summed E-state index contributed by atoms with van der Waals surface area (Å²) in [6.07, 6.45) is 1.12. The molecule has 1 nitrogen and oxygen atoms in total. The third-order valence-electron chi connectivity index (χ3n) is 3.05. The van der Waals surface area contributed by atoms with Gasteiger partial charge in [-0.15, -0.1) is 0 Å². The van der Waals surface area contributed by atoms with Gasteiger partial charge in [-0.1, -0.05) is 53.7 Å². The minimum Gasteiger partial charge on any atom is -0.497 e. The van der Waals surface area contributed by atoms with Crippen LogP contribution < -0.4 is 15.1 Å². The van der Waals surface area contributed by atoms with Gasteiger partial charge in [-0.25, -0.2) is 0 Å². The molecule has 2 rings (SSSR count). The molecule has 0 bridgehead atoms. The van der Waals surface area contributed by atoms with Crippen molar-refractivity contribution in [1.29, 1.82) is 0 Å². The fourth-order valence-corrected chi connectivity index (χ4v) is 3.80. The van der Waals surface area contributed by atoms with E-state index in [-0.39, 0.29) is 9.52 Å². The third-order valence-corrected chi connectivity index (χ3v) is 5.00. The number of rotatable bonds is 4. The van der Waals surface area contributed by atoms with Gasteiger partial charge in [0.2, 0.25) is 0 Å². The highest BCUT2D eigenvalue weighted by atomic mass is 28.2. The Balaban J connectivity index is 2.19. The molecule has 2 heteroatoms. The molecule has 0 aromatic heterocycles. The van der Waals surface area contributed by atoms with E-state index in [1.54, 1.807) is 12.3 Å². The molecule has 2 aromatic carbocycles. The second kappa shape index (κ2) is 5.69. The van der Waals surface area contributed by atoms with Gasteiger partial charge in [0.1, 0.15) is 5.75 Å². The van der Waals surface area contributed by atoms with Gasteiger partial charge < -0.3 is 4.74 Å². The Morgan fingerprint density at radius 2 is 1.71 bits per heavy atom. The Labute approximate surface area is 105 Å². The molecular formula is C15H18OSi. The molecular weight excluding hydrogens is 224 g/mol. The van der Waals surface area contributed by atoms with Crippen LogP contribution in [0, 0.1) is 0 Å². The smallest absolute Gasteiger partial charge is 0.118 e. The van der Waals surface area contributed by atoms with Crippen LogP contribution in [0.1, 0.15) is 12.5 Å². The van der Waals surface area contributed by atoms with Crippen molar-refractivity contribution >= 4 is 19.9 Å². The average molecular weight is 242 g/mol. The summed E-state index contributed by atoms with van der Waals surface area (Å²) in [4.78, 5) is 0. The quantitative estimate of drug-likeness (QED) is 0.736. The molecule has 0 spiro atoms. The number of hydrogen-bond donors (Lipinski definition) is 0. The minimum absolute atomic E-state index is 0.353. The zero-order valence-corrected chi connectivity index (χ0v) is 11.9. The van der Waals surface area contributed by atoms with Crippen LogP contribution in [-0.2, 0) is 6.42 Å². The van der Waals surface area contributed by atoms with Crippen LogP contribution in [0.2, 0.25) is 0 Å². The molecule has 0 aliphatic heterocycles. The highest BCUT2D eigenvalue weighted by Crippen LogP contribution is 2.05. The Morgan fingerprint density at radius 1 is 1.00 bits per heavy atom. The average Bonchev–Trinajstić information content (AvgIpc) is 2.40. The van der Waals surface area contributed by atoms with E-state index in [1.807, 2.05) is 0 Å². The lowest BCUT2D eigenvalue weighted by Gasteiger charge is -2.07. The van der Waals surface area contributed by atoms with Gasteiger partial charge in [-0.3, -0.25) is 0 Å². The highest BCUT2D eigenvalue weighted by molar-refractivity contribution is 6.67. The Kier molecular flexibility index (Phi) is 3.99. The Hall–Kier alpha value is -1.54. The van der Waals surface area contributed by atoms with Gasteiger partial charge in [0, 0.05) is 0 Å². The van der Waals surface area contributed by atoms with Crippen LogP contribution in [0.4, 0.5) is 0 Å². The molecule has 0 unspecified atom stereocenters. The molecule has 0 atom stereocenters. The van der Waals surface area contributed by atoms with E-state index in [0.717, 1.165) is 12.2 Å². The van der Waals surface area contributed by atoms with Crippen molar-refractivity contribution in [3.63, 3.8) is 0 Å². The molecule has 17 heavy (non-hydrogen) atoms. The standard InChI is InChI=1S/C15H18OSi/c1-3-12-6-4-5-7-15(12)17-14-10-8-13(16-2)9-11-14/h4-11H,3,17H2,1-2H3. The predicted molar refractivity (Wildman–Crippen MR) is 76.6 cm³/mol. The van der Waals surface area contributed by atoms with Crippen molar-refractivity contribution in [3.05, 3.63) is 54.1 Å². The van der Waals surface area contributed by atoms with E-state index in [9.17, 15) is 0 Å². The van der Waals surface area contributed by atoms with E-state index in [2.05, 4.69) is 55.5 Å². The zero-order chi connectivity index (χ0) is 12.1. The Morgan fingerprint density at radius 3 is 2.35 bits per heavy atom. The van der Waals surface area contributed by atoms with Crippen LogP contribution in [0.15, 0.2) is 48.5 Å².